The van der Waals surface area contributed by atoms with Crippen LogP contribution in [0.2, 0.25) is 0 Å². The zero-order chi connectivity index (χ0) is 16.7. The lowest BCUT2D eigenvalue weighted by atomic mass is 9.97. The molecule has 1 aromatic carbocycles. The number of carbonyl (C=O) groups excluding carboxylic acids is 2. The highest BCUT2D eigenvalue weighted by molar-refractivity contribution is 5.92. The predicted octanol–water partition coefficient (Wildman–Crippen LogP) is 3.38. The number of amides is 1. The molecule has 1 amide bonds. The number of hydrogen-bond acceptors (Lipinski definition) is 3. The van der Waals surface area contributed by atoms with Crippen molar-refractivity contribution < 1.29 is 18.7 Å². The van der Waals surface area contributed by atoms with Crippen LogP contribution in [-0.4, -0.2) is 24.5 Å². The summed E-state index contributed by atoms with van der Waals surface area (Å²) in [7, 11) is 0. The maximum Gasteiger partial charge on any atom is 0.339 e. The normalized spacial score (nSPS) is 15.5. The van der Waals surface area contributed by atoms with Crippen LogP contribution in [0, 0.1) is 5.82 Å². The van der Waals surface area contributed by atoms with E-state index in [1.165, 1.54) is 43.5 Å². The highest BCUT2D eigenvalue weighted by Gasteiger charge is 2.19. The second-order valence-electron chi connectivity index (χ2n) is 5.71. The van der Waals surface area contributed by atoms with Crippen molar-refractivity contribution in [2.24, 2.45) is 0 Å². The maximum atomic E-state index is 13.1. The van der Waals surface area contributed by atoms with Gasteiger partial charge in [0.2, 0.25) is 0 Å². The summed E-state index contributed by atoms with van der Waals surface area (Å²) >= 11 is 0. The van der Waals surface area contributed by atoms with Crippen molar-refractivity contribution in [1.82, 2.24) is 5.32 Å². The first-order chi connectivity index (χ1) is 11.1. The Labute approximate surface area is 135 Å². The predicted molar refractivity (Wildman–Crippen MR) is 85.5 cm³/mol. The monoisotopic (exact) mass is 319 g/mol. The van der Waals surface area contributed by atoms with Crippen molar-refractivity contribution in [2.75, 3.05) is 6.54 Å². The summed E-state index contributed by atoms with van der Waals surface area (Å²) < 4.78 is 18.1. The van der Waals surface area contributed by atoms with Gasteiger partial charge in [-0.15, -0.1) is 0 Å². The van der Waals surface area contributed by atoms with Gasteiger partial charge in [0, 0.05) is 6.54 Å². The molecule has 0 unspecified atom stereocenters. The molecule has 0 bridgehead atoms. The van der Waals surface area contributed by atoms with Gasteiger partial charge in [-0.25, -0.2) is 9.18 Å². The lowest BCUT2D eigenvalue weighted by Gasteiger charge is -2.15. The van der Waals surface area contributed by atoms with E-state index in [9.17, 15) is 14.0 Å². The first kappa shape index (κ1) is 17.2. The lowest BCUT2D eigenvalue weighted by molar-refractivity contribution is -0.129. The van der Waals surface area contributed by atoms with Gasteiger partial charge in [0.15, 0.2) is 6.10 Å². The van der Waals surface area contributed by atoms with Gasteiger partial charge in [0.1, 0.15) is 5.82 Å². The molecule has 0 aromatic heterocycles. The van der Waals surface area contributed by atoms with Crippen LogP contribution in [-0.2, 0) is 9.53 Å². The molecule has 5 heteroatoms. The fraction of sp³-hybridized carbons (Fsp3) is 0.444. The lowest BCUT2D eigenvalue weighted by Crippen LogP contribution is -2.36. The highest BCUT2D eigenvalue weighted by Crippen LogP contribution is 2.19. The van der Waals surface area contributed by atoms with Gasteiger partial charge in [0.05, 0.1) is 5.56 Å². The maximum absolute atomic E-state index is 13.1. The van der Waals surface area contributed by atoms with Crippen LogP contribution in [0.1, 0.15) is 49.4 Å². The van der Waals surface area contributed by atoms with Crippen molar-refractivity contribution in [3.05, 3.63) is 47.3 Å². The largest absolute Gasteiger partial charge is 0.449 e. The summed E-state index contributed by atoms with van der Waals surface area (Å²) in [6.45, 7) is 2.04. The standard InChI is InChI=1S/C18H22FNO3/c1-13(23-18(22)15-8-5-9-16(19)12-15)17(21)20-11-10-14-6-3-2-4-7-14/h5-6,8-9,12-13H,2-4,7,10-11H2,1H3,(H,20,21)/t13-/m0/s1. The van der Waals surface area contributed by atoms with E-state index in [1.807, 2.05) is 0 Å². The van der Waals surface area contributed by atoms with Crippen molar-refractivity contribution >= 4 is 11.9 Å². The molecule has 0 spiro atoms. The smallest absolute Gasteiger partial charge is 0.339 e. The summed E-state index contributed by atoms with van der Waals surface area (Å²) in [6.07, 6.45) is 6.82. The van der Waals surface area contributed by atoms with Crippen molar-refractivity contribution in [3.8, 4) is 0 Å². The molecular formula is C18H22FNO3. The molecule has 1 aliphatic carbocycles. The Hall–Kier alpha value is -2.17. The second kappa shape index (κ2) is 8.46. The Kier molecular flexibility index (Phi) is 6.32. The number of allylic oxidation sites excluding steroid dienone is 1. The second-order valence-corrected chi connectivity index (χ2v) is 5.71. The van der Waals surface area contributed by atoms with Crippen molar-refractivity contribution in [1.29, 1.82) is 0 Å². The topological polar surface area (TPSA) is 55.4 Å². The third-order valence-electron chi connectivity index (χ3n) is 3.84. The third-order valence-corrected chi connectivity index (χ3v) is 3.84. The first-order valence-electron chi connectivity index (χ1n) is 7.98. The van der Waals surface area contributed by atoms with Gasteiger partial charge in [-0.1, -0.05) is 17.7 Å². The van der Waals surface area contributed by atoms with Gasteiger partial charge < -0.3 is 10.1 Å². The van der Waals surface area contributed by atoms with Crippen LogP contribution < -0.4 is 5.32 Å². The van der Waals surface area contributed by atoms with E-state index in [-0.39, 0.29) is 11.5 Å². The van der Waals surface area contributed by atoms with Gasteiger partial charge in [-0.05, 0) is 57.2 Å². The number of nitrogens with one attached hydrogen (secondary N) is 1. The highest BCUT2D eigenvalue weighted by atomic mass is 19.1. The molecule has 0 aliphatic heterocycles. The number of benzene rings is 1. The zero-order valence-electron chi connectivity index (χ0n) is 13.3. The van der Waals surface area contributed by atoms with Crippen LogP contribution >= 0.6 is 0 Å². The summed E-state index contributed by atoms with van der Waals surface area (Å²) in [4.78, 5) is 23.8. The average Bonchev–Trinajstić information content (AvgIpc) is 2.55. The molecule has 0 saturated heterocycles. The van der Waals surface area contributed by atoms with Gasteiger partial charge >= 0.3 is 5.97 Å². The van der Waals surface area contributed by atoms with Crippen LogP contribution in [0.25, 0.3) is 0 Å². The molecule has 124 valence electrons. The molecule has 2 rings (SSSR count). The minimum atomic E-state index is -0.911. The number of esters is 1. The quantitative estimate of drug-likeness (QED) is 0.646. The zero-order valence-corrected chi connectivity index (χ0v) is 13.3. The van der Waals surface area contributed by atoms with Crippen LogP contribution in [0.4, 0.5) is 4.39 Å². The van der Waals surface area contributed by atoms with Crippen molar-refractivity contribution in [3.63, 3.8) is 0 Å². The Balaban J connectivity index is 1.76. The van der Waals surface area contributed by atoms with E-state index in [4.69, 9.17) is 4.74 Å². The van der Waals surface area contributed by atoms with E-state index >= 15 is 0 Å². The first-order valence-corrected chi connectivity index (χ1v) is 7.98. The Bertz CT molecular complexity index is 598. The number of ether oxygens (including phenoxy) is 1. The molecule has 0 saturated carbocycles. The minimum absolute atomic E-state index is 0.0945. The average molecular weight is 319 g/mol. The van der Waals surface area contributed by atoms with Crippen LogP contribution in [0.3, 0.4) is 0 Å². The third kappa shape index (κ3) is 5.51. The van der Waals surface area contributed by atoms with Crippen LogP contribution in [0.15, 0.2) is 35.9 Å². The van der Waals surface area contributed by atoms with E-state index in [1.54, 1.807) is 0 Å². The molecular weight excluding hydrogens is 297 g/mol. The molecule has 1 atom stereocenters. The summed E-state index contributed by atoms with van der Waals surface area (Å²) in [5, 5.41) is 2.77. The van der Waals surface area contributed by atoms with E-state index in [0.717, 1.165) is 25.3 Å². The minimum Gasteiger partial charge on any atom is -0.449 e. The van der Waals surface area contributed by atoms with E-state index in [2.05, 4.69) is 11.4 Å². The number of carbonyl (C=O) groups is 2. The van der Waals surface area contributed by atoms with Crippen molar-refractivity contribution in [2.45, 2.75) is 45.1 Å². The molecule has 1 N–H and O–H groups in total. The van der Waals surface area contributed by atoms with Gasteiger partial charge in [0.25, 0.3) is 5.91 Å². The molecule has 0 heterocycles. The summed E-state index contributed by atoms with van der Waals surface area (Å²) in [6, 6.07) is 5.20. The molecule has 0 fully saturated rings. The van der Waals surface area contributed by atoms with E-state index < -0.39 is 17.9 Å². The van der Waals surface area contributed by atoms with Gasteiger partial charge in [-0.3, -0.25) is 4.79 Å². The SMILES string of the molecule is C[C@H](OC(=O)c1cccc(F)c1)C(=O)NCCC1=CCCCC1. The molecule has 0 radical (unpaired) electrons. The molecule has 4 nitrogen and oxygen atoms in total. The number of rotatable bonds is 6. The van der Waals surface area contributed by atoms with E-state index in [0.29, 0.717) is 6.54 Å². The van der Waals surface area contributed by atoms with Crippen LogP contribution in [0.5, 0.6) is 0 Å². The summed E-state index contributed by atoms with van der Waals surface area (Å²) in [5.74, 6) is -1.56. The molecule has 23 heavy (non-hydrogen) atoms. The molecule has 1 aromatic rings. The number of hydrogen-bond donors (Lipinski definition) is 1. The summed E-state index contributed by atoms with van der Waals surface area (Å²) in [5.41, 5.74) is 1.47. The Morgan fingerprint density at radius 3 is 2.87 bits per heavy atom. The Morgan fingerprint density at radius 2 is 2.17 bits per heavy atom. The molecule has 1 aliphatic rings. The fourth-order valence-electron chi connectivity index (χ4n) is 2.52. The Morgan fingerprint density at radius 1 is 1.35 bits per heavy atom. The van der Waals surface area contributed by atoms with Gasteiger partial charge in [-0.2, -0.15) is 0 Å². The fourth-order valence-corrected chi connectivity index (χ4v) is 2.52. The number of halogens is 1.